The molecule has 0 atom stereocenters. The zero-order valence-corrected chi connectivity index (χ0v) is 5.70. The topological polar surface area (TPSA) is 60.5 Å². The second kappa shape index (κ2) is 3.31. The maximum Gasteiger partial charge on any atom is 0.120 e. The zero-order chi connectivity index (χ0) is 8.10. The van der Waals surface area contributed by atoms with Gasteiger partial charge in [0.05, 0.1) is 0 Å². The van der Waals surface area contributed by atoms with Gasteiger partial charge in [-0.2, -0.15) is 5.26 Å². The SMILES string of the molecule is N#CC(=C=N)c1ccncc1. The van der Waals surface area contributed by atoms with E-state index in [2.05, 4.69) is 4.98 Å². The maximum absolute atomic E-state index is 8.49. The third-order valence-corrected chi connectivity index (χ3v) is 1.21. The highest BCUT2D eigenvalue weighted by molar-refractivity contribution is 5.95. The molecular weight excluding hydrogens is 138 g/mol. The first kappa shape index (κ1) is 7.20. The Balaban J connectivity index is 3.15. The summed E-state index contributed by atoms with van der Waals surface area (Å²) in [6.07, 6.45) is 3.15. The lowest BCUT2D eigenvalue weighted by Gasteiger charge is -1.90. The summed E-state index contributed by atoms with van der Waals surface area (Å²) in [5, 5.41) is 15.3. The van der Waals surface area contributed by atoms with Crippen molar-refractivity contribution < 1.29 is 0 Å². The van der Waals surface area contributed by atoms with Gasteiger partial charge in [-0.3, -0.25) is 10.4 Å². The number of hydrogen-bond donors (Lipinski definition) is 1. The van der Waals surface area contributed by atoms with Crippen LogP contribution in [0.5, 0.6) is 0 Å². The van der Waals surface area contributed by atoms with E-state index in [1.54, 1.807) is 24.5 Å². The van der Waals surface area contributed by atoms with E-state index in [0.29, 0.717) is 5.56 Å². The van der Waals surface area contributed by atoms with Crippen molar-refractivity contribution >= 4 is 11.4 Å². The van der Waals surface area contributed by atoms with Crippen molar-refractivity contribution in [1.29, 1.82) is 10.7 Å². The van der Waals surface area contributed by atoms with Gasteiger partial charge in [0, 0.05) is 18.0 Å². The van der Waals surface area contributed by atoms with E-state index in [-0.39, 0.29) is 5.57 Å². The summed E-state index contributed by atoms with van der Waals surface area (Å²) in [4.78, 5) is 3.78. The minimum absolute atomic E-state index is 0.229. The molecule has 0 aliphatic carbocycles. The van der Waals surface area contributed by atoms with E-state index in [0.717, 1.165) is 0 Å². The molecule has 1 N–H and O–H groups in total. The molecule has 11 heavy (non-hydrogen) atoms. The molecule has 52 valence electrons. The predicted molar refractivity (Wildman–Crippen MR) is 41.0 cm³/mol. The van der Waals surface area contributed by atoms with Crippen LogP contribution in [0.15, 0.2) is 24.5 Å². The van der Waals surface area contributed by atoms with Crippen LogP contribution in [-0.2, 0) is 0 Å². The third kappa shape index (κ3) is 1.51. The van der Waals surface area contributed by atoms with Crippen molar-refractivity contribution in [3.8, 4) is 6.07 Å². The van der Waals surface area contributed by atoms with E-state index in [1.807, 2.05) is 11.9 Å². The van der Waals surface area contributed by atoms with Crippen molar-refractivity contribution in [2.24, 2.45) is 0 Å². The molecule has 1 rings (SSSR count). The number of rotatable bonds is 1. The van der Waals surface area contributed by atoms with Crippen LogP contribution >= 0.6 is 0 Å². The monoisotopic (exact) mass is 143 g/mol. The first-order valence-electron chi connectivity index (χ1n) is 2.98. The van der Waals surface area contributed by atoms with Crippen LogP contribution in [0.4, 0.5) is 0 Å². The van der Waals surface area contributed by atoms with Gasteiger partial charge in [0.15, 0.2) is 0 Å². The van der Waals surface area contributed by atoms with Crippen LogP contribution in [0.2, 0.25) is 0 Å². The quantitative estimate of drug-likeness (QED) is 0.474. The minimum atomic E-state index is 0.229. The molecule has 0 aromatic carbocycles. The number of pyridine rings is 1. The number of allylic oxidation sites excluding steroid dienone is 1. The molecule has 1 heterocycles. The molecule has 0 bridgehead atoms. The van der Waals surface area contributed by atoms with Crippen molar-refractivity contribution in [1.82, 2.24) is 4.98 Å². The first-order chi connectivity index (χ1) is 5.38. The summed E-state index contributed by atoms with van der Waals surface area (Å²) in [5.41, 5.74) is 0.907. The Bertz CT molecular complexity index is 328. The molecule has 0 fully saturated rings. The number of nitrogens with zero attached hydrogens (tertiary/aromatic N) is 2. The van der Waals surface area contributed by atoms with Gasteiger partial charge in [0.2, 0.25) is 0 Å². The lowest BCUT2D eigenvalue weighted by molar-refractivity contribution is 1.32. The molecule has 0 saturated heterocycles. The fourth-order valence-electron chi connectivity index (χ4n) is 0.683. The molecule has 3 nitrogen and oxygen atoms in total. The number of nitriles is 1. The molecule has 0 aliphatic heterocycles. The van der Waals surface area contributed by atoms with Gasteiger partial charge in [-0.05, 0) is 18.0 Å². The van der Waals surface area contributed by atoms with Crippen LogP contribution in [0.3, 0.4) is 0 Å². The molecular formula is C8H5N3. The van der Waals surface area contributed by atoms with Crippen LogP contribution in [0.25, 0.3) is 5.57 Å². The second-order valence-electron chi connectivity index (χ2n) is 1.85. The Hall–Kier alpha value is -1.91. The smallest absolute Gasteiger partial charge is 0.120 e. The summed E-state index contributed by atoms with van der Waals surface area (Å²) in [5.74, 6) is 2.05. The lowest BCUT2D eigenvalue weighted by Crippen LogP contribution is -1.80. The predicted octanol–water partition coefficient (Wildman–Crippen LogP) is 1.24. The van der Waals surface area contributed by atoms with Crippen LogP contribution in [0.1, 0.15) is 5.56 Å². The van der Waals surface area contributed by atoms with Gasteiger partial charge in [0.1, 0.15) is 11.6 Å². The normalized spacial score (nSPS) is 7.91. The summed E-state index contributed by atoms with van der Waals surface area (Å²) in [7, 11) is 0. The average molecular weight is 143 g/mol. The molecule has 0 aliphatic rings. The molecule has 0 amide bonds. The first-order valence-corrected chi connectivity index (χ1v) is 2.98. The van der Waals surface area contributed by atoms with Gasteiger partial charge < -0.3 is 0 Å². The van der Waals surface area contributed by atoms with Crippen molar-refractivity contribution in [2.75, 3.05) is 0 Å². The average Bonchev–Trinajstić information content (AvgIpc) is 2.09. The maximum atomic E-state index is 8.49. The third-order valence-electron chi connectivity index (χ3n) is 1.21. The summed E-state index contributed by atoms with van der Waals surface area (Å²) in [6.45, 7) is 0. The summed E-state index contributed by atoms with van der Waals surface area (Å²) >= 11 is 0. The number of aromatic nitrogens is 1. The van der Waals surface area contributed by atoms with E-state index in [9.17, 15) is 0 Å². The minimum Gasteiger partial charge on any atom is -0.265 e. The Morgan fingerprint density at radius 2 is 2.09 bits per heavy atom. The molecule has 1 aromatic rings. The number of nitrogens with one attached hydrogen (secondary N) is 1. The van der Waals surface area contributed by atoms with E-state index in [4.69, 9.17) is 10.7 Å². The highest BCUT2D eigenvalue weighted by Gasteiger charge is 1.96. The fraction of sp³-hybridized carbons (Fsp3) is 0. The standard InChI is InChI=1S/C8H5N3/c9-5-8(6-10)7-1-3-11-4-2-7/h1-4,9H. The van der Waals surface area contributed by atoms with Crippen molar-refractivity contribution in [3.63, 3.8) is 0 Å². The van der Waals surface area contributed by atoms with E-state index < -0.39 is 0 Å². The summed E-state index contributed by atoms with van der Waals surface area (Å²) < 4.78 is 0. The summed E-state index contributed by atoms with van der Waals surface area (Å²) in [6, 6.07) is 5.19. The van der Waals surface area contributed by atoms with Crippen molar-refractivity contribution in [3.05, 3.63) is 30.1 Å². The largest absolute Gasteiger partial charge is 0.265 e. The molecule has 3 heteroatoms. The zero-order valence-electron chi connectivity index (χ0n) is 5.70. The molecule has 0 unspecified atom stereocenters. The van der Waals surface area contributed by atoms with Gasteiger partial charge in [0.25, 0.3) is 0 Å². The van der Waals surface area contributed by atoms with Gasteiger partial charge >= 0.3 is 0 Å². The van der Waals surface area contributed by atoms with Crippen molar-refractivity contribution in [2.45, 2.75) is 0 Å². The second-order valence-corrected chi connectivity index (χ2v) is 1.85. The van der Waals surface area contributed by atoms with Gasteiger partial charge in [-0.15, -0.1) is 0 Å². The van der Waals surface area contributed by atoms with Crippen LogP contribution in [-0.4, -0.2) is 10.9 Å². The Morgan fingerprint density at radius 1 is 1.45 bits per heavy atom. The van der Waals surface area contributed by atoms with Gasteiger partial charge in [-0.1, -0.05) is 0 Å². The van der Waals surface area contributed by atoms with E-state index >= 15 is 0 Å². The number of hydrogen-bond acceptors (Lipinski definition) is 3. The van der Waals surface area contributed by atoms with Crippen LogP contribution in [0, 0.1) is 16.7 Å². The molecule has 0 radical (unpaired) electrons. The Labute approximate surface area is 64.1 Å². The van der Waals surface area contributed by atoms with Gasteiger partial charge in [-0.25, -0.2) is 0 Å². The van der Waals surface area contributed by atoms with Crippen LogP contribution < -0.4 is 0 Å². The Morgan fingerprint density at radius 3 is 2.55 bits per heavy atom. The Kier molecular flexibility index (Phi) is 2.16. The highest BCUT2D eigenvalue weighted by atomic mass is 14.6. The highest BCUT2D eigenvalue weighted by Crippen LogP contribution is 2.06. The fourth-order valence-corrected chi connectivity index (χ4v) is 0.683. The lowest BCUT2D eigenvalue weighted by atomic mass is 10.1. The molecule has 0 saturated carbocycles. The van der Waals surface area contributed by atoms with E-state index in [1.165, 1.54) is 0 Å². The molecule has 0 spiro atoms. The molecule has 1 aromatic heterocycles.